The van der Waals surface area contributed by atoms with Gasteiger partial charge in [-0.3, -0.25) is 9.59 Å². The Kier molecular flexibility index (Phi) is 6.26. The summed E-state index contributed by atoms with van der Waals surface area (Å²) in [5.74, 6) is 0.312. The molecule has 0 spiro atoms. The average Bonchev–Trinajstić information content (AvgIpc) is 3.03. The van der Waals surface area contributed by atoms with Crippen LogP contribution in [0.5, 0.6) is 11.5 Å². The smallest absolute Gasteiger partial charge is 0.308 e. The summed E-state index contributed by atoms with van der Waals surface area (Å²) in [4.78, 5) is 24.5. The van der Waals surface area contributed by atoms with Crippen LogP contribution in [0.3, 0.4) is 0 Å². The van der Waals surface area contributed by atoms with Crippen molar-refractivity contribution >= 4 is 11.9 Å². The lowest BCUT2D eigenvalue weighted by Gasteiger charge is -2.15. The molecule has 1 heterocycles. The second kappa shape index (κ2) is 8.41. The quantitative estimate of drug-likeness (QED) is 0.743. The molecule has 1 fully saturated rings. The van der Waals surface area contributed by atoms with Crippen molar-refractivity contribution in [3.05, 3.63) is 24.3 Å². The number of amides is 1. The van der Waals surface area contributed by atoms with Gasteiger partial charge in [-0.1, -0.05) is 0 Å². The van der Waals surface area contributed by atoms with Gasteiger partial charge in [-0.05, 0) is 44.0 Å². The van der Waals surface area contributed by atoms with Crippen LogP contribution in [0, 0.1) is 5.92 Å². The molecule has 0 aromatic heterocycles. The molecule has 1 aliphatic rings. The van der Waals surface area contributed by atoms with E-state index in [1.807, 2.05) is 31.2 Å². The molecule has 0 aliphatic carbocycles. The largest absolute Gasteiger partial charge is 0.494 e. The highest BCUT2D eigenvalue weighted by Crippen LogP contribution is 2.19. The number of hydrogen-bond donors (Lipinski definition) is 1. The first-order chi connectivity index (χ1) is 11.1. The molecule has 0 radical (unpaired) electrons. The van der Waals surface area contributed by atoms with Crippen LogP contribution < -0.4 is 9.47 Å². The summed E-state index contributed by atoms with van der Waals surface area (Å²) in [5.41, 5.74) is 0. The fourth-order valence-electron chi connectivity index (χ4n) is 2.56. The lowest BCUT2D eigenvalue weighted by molar-refractivity contribution is -0.141. The predicted octanol–water partition coefficient (Wildman–Crippen LogP) is 2.18. The number of carboxylic acid groups (broad SMARTS) is 1. The average molecular weight is 321 g/mol. The Labute approximate surface area is 136 Å². The van der Waals surface area contributed by atoms with Gasteiger partial charge in [-0.2, -0.15) is 0 Å². The van der Waals surface area contributed by atoms with Crippen molar-refractivity contribution in [2.24, 2.45) is 5.92 Å². The molecule has 126 valence electrons. The molecule has 1 N–H and O–H groups in total. The molecule has 0 saturated carbocycles. The molecule has 23 heavy (non-hydrogen) atoms. The van der Waals surface area contributed by atoms with Gasteiger partial charge in [0.2, 0.25) is 5.91 Å². The Bertz CT molecular complexity index is 528. The van der Waals surface area contributed by atoms with Gasteiger partial charge < -0.3 is 19.5 Å². The van der Waals surface area contributed by atoms with Gasteiger partial charge in [0.25, 0.3) is 0 Å². The van der Waals surface area contributed by atoms with E-state index in [9.17, 15) is 9.59 Å². The van der Waals surface area contributed by atoms with Crippen LogP contribution in [-0.4, -0.2) is 48.2 Å². The lowest BCUT2D eigenvalue weighted by atomic mass is 10.1. The Morgan fingerprint density at radius 2 is 1.87 bits per heavy atom. The normalized spacial score (nSPS) is 17.1. The minimum absolute atomic E-state index is 0.00374. The molecule has 1 saturated heterocycles. The second-order valence-corrected chi connectivity index (χ2v) is 5.52. The first-order valence-corrected chi connectivity index (χ1v) is 7.96. The monoisotopic (exact) mass is 321 g/mol. The first kappa shape index (κ1) is 17.1. The van der Waals surface area contributed by atoms with Crippen LogP contribution in [0.4, 0.5) is 0 Å². The van der Waals surface area contributed by atoms with Gasteiger partial charge >= 0.3 is 5.97 Å². The van der Waals surface area contributed by atoms with Gasteiger partial charge in [0.15, 0.2) is 0 Å². The zero-order valence-corrected chi connectivity index (χ0v) is 13.4. The van der Waals surface area contributed by atoms with Crippen molar-refractivity contribution < 1.29 is 24.2 Å². The third-order valence-corrected chi connectivity index (χ3v) is 3.83. The van der Waals surface area contributed by atoms with Crippen LogP contribution in [-0.2, 0) is 9.59 Å². The third kappa shape index (κ3) is 5.16. The van der Waals surface area contributed by atoms with E-state index in [2.05, 4.69) is 0 Å². The topological polar surface area (TPSA) is 76.1 Å². The van der Waals surface area contributed by atoms with E-state index in [1.165, 1.54) is 0 Å². The molecular formula is C17H23NO5. The summed E-state index contributed by atoms with van der Waals surface area (Å²) in [6.45, 7) is 3.88. The first-order valence-electron chi connectivity index (χ1n) is 7.96. The van der Waals surface area contributed by atoms with E-state index < -0.39 is 11.9 Å². The van der Waals surface area contributed by atoms with Gasteiger partial charge in [0.05, 0.1) is 19.1 Å². The zero-order valence-electron chi connectivity index (χ0n) is 13.4. The maximum atomic E-state index is 12.0. The molecular weight excluding hydrogens is 298 g/mol. The third-order valence-electron chi connectivity index (χ3n) is 3.83. The summed E-state index contributed by atoms with van der Waals surface area (Å²) in [5, 5.41) is 8.94. The van der Waals surface area contributed by atoms with E-state index in [1.54, 1.807) is 4.90 Å². The summed E-state index contributed by atoms with van der Waals surface area (Å²) < 4.78 is 10.9. The Hall–Kier alpha value is -2.24. The molecule has 1 unspecified atom stereocenters. The van der Waals surface area contributed by atoms with Crippen LogP contribution >= 0.6 is 0 Å². The molecule has 1 aromatic rings. The summed E-state index contributed by atoms with van der Waals surface area (Å²) in [7, 11) is 0. The zero-order chi connectivity index (χ0) is 16.7. The van der Waals surface area contributed by atoms with Gasteiger partial charge in [-0.15, -0.1) is 0 Å². The van der Waals surface area contributed by atoms with E-state index in [4.69, 9.17) is 14.6 Å². The van der Waals surface area contributed by atoms with Crippen molar-refractivity contribution in [2.75, 3.05) is 26.3 Å². The summed E-state index contributed by atoms with van der Waals surface area (Å²) in [6.07, 6.45) is 1.54. The molecule has 0 bridgehead atoms. The number of carbonyl (C=O) groups is 2. The number of rotatable bonds is 8. The number of ether oxygens (including phenoxy) is 2. The highest BCUT2D eigenvalue weighted by Gasteiger charge is 2.30. The molecule has 1 aromatic carbocycles. The number of nitrogens with zero attached hydrogens (tertiary/aromatic N) is 1. The summed E-state index contributed by atoms with van der Waals surface area (Å²) >= 11 is 0. The SMILES string of the molecule is CCOc1ccc(OCCCC(=O)N2CCC(C(=O)O)C2)cc1. The number of hydrogen-bond acceptors (Lipinski definition) is 4. The van der Waals surface area contributed by atoms with E-state index in [-0.39, 0.29) is 5.91 Å². The predicted molar refractivity (Wildman–Crippen MR) is 84.7 cm³/mol. The molecule has 6 nitrogen and oxygen atoms in total. The van der Waals surface area contributed by atoms with Crippen LogP contribution in [0.15, 0.2) is 24.3 Å². The highest BCUT2D eigenvalue weighted by molar-refractivity contribution is 5.78. The highest BCUT2D eigenvalue weighted by atomic mass is 16.5. The van der Waals surface area contributed by atoms with Crippen molar-refractivity contribution in [1.29, 1.82) is 0 Å². The minimum atomic E-state index is -0.820. The lowest BCUT2D eigenvalue weighted by Crippen LogP contribution is -2.30. The fourth-order valence-corrected chi connectivity index (χ4v) is 2.56. The Balaban J connectivity index is 1.65. The van der Waals surface area contributed by atoms with E-state index in [0.717, 1.165) is 11.5 Å². The molecule has 2 rings (SSSR count). The molecule has 1 aliphatic heterocycles. The van der Waals surface area contributed by atoms with Crippen molar-refractivity contribution in [3.8, 4) is 11.5 Å². The Morgan fingerprint density at radius 1 is 1.22 bits per heavy atom. The number of carboxylic acids is 1. The van der Waals surface area contributed by atoms with E-state index >= 15 is 0 Å². The van der Waals surface area contributed by atoms with Crippen molar-refractivity contribution in [1.82, 2.24) is 4.90 Å². The fraction of sp³-hybridized carbons (Fsp3) is 0.529. The van der Waals surface area contributed by atoms with Gasteiger partial charge in [0, 0.05) is 19.5 Å². The molecule has 6 heteroatoms. The number of benzene rings is 1. The second-order valence-electron chi connectivity index (χ2n) is 5.52. The van der Waals surface area contributed by atoms with Gasteiger partial charge in [0.1, 0.15) is 11.5 Å². The van der Waals surface area contributed by atoms with Crippen molar-refractivity contribution in [2.45, 2.75) is 26.2 Å². The van der Waals surface area contributed by atoms with E-state index in [0.29, 0.717) is 45.6 Å². The summed E-state index contributed by atoms with van der Waals surface area (Å²) in [6, 6.07) is 7.37. The number of carbonyl (C=O) groups excluding carboxylic acids is 1. The Morgan fingerprint density at radius 3 is 2.43 bits per heavy atom. The molecule has 1 amide bonds. The standard InChI is InChI=1S/C17H23NO5/c1-2-22-14-5-7-15(8-6-14)23-11-3-4-16(19)18-10-9-13(12-18)17(20)21/h5-8,13H,2-4,9-12H2,1H3,(H,20,21). The number of likely N-dealkylation sites (tertiary alicyclic amines) is 1. The molecule has 1 atom stereocenters. The maximum Gasteiger partial charge on any atom is 0.308 e. The van der Waals surface area contributed by atoms with Crippen LogP contribution in [0.2, 0.25) is 0 Å². The van der Waals surface area contributed by atoms with Crippen molar-refractivity contribution in [3.63, 3.8) is 0 Å². The van der Waals surface area contributed by atoms with Crippen LogP contribution in [0.1, 0.15) is 26.2 Å². The van der Waals surface area contributed by atoms with Gasteiger partial charge in [-0.25, -0.2) is 0 Å². The van der Waals surface area contributed by atoms with Crippen LogP contribution in [0.25, 0.3) is 0 Å². The number of aliphatic carboxylic acids is 1. The minimum Gasteiger partial charge on any atom is -0.494 e. The maximum absolute atomic E-state index is 12.0.